The summed E-state index contributed by atoms with van der Waals surface area (Å²) in [6.45, 7) is 14.5. The fourth-order valence-electron chi connectivity index (χ4n) is 11.2. The van der Waals surface area contributed by atoms with E-state index in [0.29, 0.717) is 43.0 Å². The minimum atomic E-state index is -2.28. The zero-order valence-electron chi connectivity index (χ0n) is 60.0. The van der Waals surface area contributed by atoms with Gasteiger partial charge in [-0.25, -0.2) is 0 Å². The topological polar surface area (TPSA) is 40.1 Å². The van der Waals surface area contributed by atoms with Crippen molar-refractivity contribution in [2.75, 3.05) is 4.81 Å². The van der Waals surface area contributed by atoms with Crippen molar-refractivity contribution in [3.05, 3.63) is 245 Å². The number of nitrogens with zero attached hydrogens (tertiary/aromatic N) is 5. The van der Waals surface area contributed by atoms with Gasteiger partial charge in [-0.05, 0) is 11.5 Å². The van der Waals surface area contributed by atoms with Crippen molar-refractivity contribution in [3.8, 4) is 56.4 Å². The standard InChI is InChI=1S/C73H64BN5O.Pt/c1-49(2)42-54-45-67(78-66-37-23-33-60-59-32-18-19-34-63(59)79(70(60)66)74(78)56-28-16-11-17-29-56)75-71(68(54)53-26-14-10-15-27-53)80-58-31-22-30-57(46-58)76-48-77(65-36-21-20-35-64(65)76)69-61(51-24-12-9-13-25-51)43-50(47-72(3,4)5)44-62(69)52-38-40-55(41-39-52)73(6,7)8;/h9-36,38-41,43-45,49H,42,47H2,1-8H3;/q-2;/i9D,10D,12D,13D,14D,15D,24D,25D,26D,27D,42D2,47D2;. The quantitative estimate of drug-likeness (QED) is 0.0904. The summed E-state index contributed by atoms with van der Waals surface area (Å²) < 4.78 is 144. The van der Waals surface area contributed by atoms with Crippen molar-refractivity contribution in [1.82, 2.24) is 18.6 Å². The number of ether oxygens (including phenoxy) is 1. The molecule has 402 valence electrons. The van der Waals surface area contributed by atoms with E-state index in [2.05, 4.69) is 68.9 Å². The molecule has 0 radical (unpaired) electrons. The fourth-order valence-corrected chi connectivity index (χ4v) is 12.2. The predicted octanol–water partition coefficient (Wildman–Crippen LogP) is 17.9. The van der Waals surface area contributed by atoms with Crippen LogP contribution in [0.4, 0.5) is 11.5 Å². The second-order valence-electron chi connectivity index (χ2n) is 22.7. The van der Waals surface area contributed by atoms with E-state index in [1.807, 2.05) is 123 Å². The zero-order valence-corrected chi connectivity index (χ0v) is 48.3. The van der Waals surface area contributed by atoms with Gasteiger partial charge in [-0.2, -0.15) is 12.1 Å². The molecular weight excluding hydrogens is 1170 g/mol. The summed E-state index contributed by atoms with van der Waals surface area (Å²) in [6.07, 6.45) is -4.31. The van der Waals surface area contributed by atoms with E-state index in [9.17, 15) is 11.0 Å². The Bertz CT molecular complexity index is 5170. The van der Waals surface area contributed by atoms with Crippen molar-refractivity contribution in [1.29, 1.82) is 0 Å². The molecule has 0 spiro atoms. The van der Waals surface area contributed by atoms with Crippen LogP contribution in [0.3, 0.4) is 0 Å². The van der Waals surface area contributed by atoms with Crippen molar-refractivity contribution in [2.24, 2.45) is 11.3 Å². The fraction of sp³-hybridized carbons (Fsp3) is 0.178. The normalized spacial score (nSPS) is 15.5. The van der Waals surface area contributed by atoms with E-state index in [4.69, 9.17) is 17.9 Å². The minimum absolute atomic E-state index is 0.0392. The number of fused-ring (bicyclic) bond motifs is 4. The van der Waals surface area contributed by atoms with Gasteiger partial charge >= 0.3 is 425 Å². The van der Waals surface area contributed by atoms with Gasteiger partial charge in [0, 0.05) is 5.52 Å². The van der Waals surface area contributed by atoms with E-state index in [1.54, 1.807) is 65.0 Å². The molecule has 8 heteroatoms. The van der Waals surface area contributed by atoms with Crippen LogP contribution in [-0.2, 0) is 37.5 Å². The van der Waals surface area contributed by atoms with Crippen LogP contribution >= 0.6 is 0 Å². The number of pyridine rings is 1. The Morgan fingerprint density at radius 2 is 1.31 bits per heavy atom. The summed E-state index contributed by atoms with van der Waals surface area (Å²) in [6, 6.07) is 48.8. The first-order chi connectivity index (χ1) is 44.9. The summed E-state index contributed by atoms with van der Waals surface area (Å²) in [5.41, 5.74) is 6.06. The molecule has 1 aliphatic rings. The molecule has 0 N–H and O–H groups in total. The molecule has 0 amide bonds. The van der Waals surface area contributed by atoms with Crippen molar-refractivity contribution in [3.63, 3.8) is 0 Å². The SMILES string of the molecule is [2H]c1c([2H])c([2H])c(-c2cc(C([2H])([2H])C(C)(C)C)cc(-c3ccc(C(C)(C)C)cc3)c2-n2[c](=[Pt])n(-c3[c-]c(Oc4nc(N5B(c6ccccc6)n6c7ccccc7c7cc[c-]c5c76)cc(C([2H])([2H])C(C)C)c4-c4c([2H])c([2H])c([2H])c([2H])c4[2H])ccc3)c3ccccc32)c([2H])c1[2H]. The number of hydrogen-bond acceptors (Lipinski definition) is 3. The first kappa shape index (κ1) is 38.4. The van der Waals surface area contributed by atoms with E-state index >= 15 is 0 Å². The number of anilines is 2. The number of aromatic nitrogens is 4. The maximum atomic E-state index is 10.0. The summed E-state index contributed by atoms with van der Waals surface area (Å²) in [7, 11) is 0. The Kier molecular flexibility index (Phi) is 9.81. The summed E-state index contributed by atoms with van der Waals surface area (Å²) in [4.78, 5) is 7.33. The second kappa shape index (κ2) is 20.7. The third-order valence-corrected chi connectivity index (χ3v) is 15.5. The third kappa shape index (κ3) is 9.59. The average molecular weight is 1250 g/mol. The Morgan fingerprint density at radius 1 is 0.667 bits per heavy atom. The molecule has 3 aromatic heterocycles. The summed E-state index contributed by atoms with van der Waals surface area (Å²) >= 11 is 2.20. The Hall–Kier alpha value is -8.25. The Labute approximate surface area is 507 Å². The van der Waals surface area contributed by atoms with Gasteiger partial charge in [0.15, 0.2) is 0 Å². The number of imidazole rings is 1. The van der Waals surface area contributed by atoms with Gasteiger partial charge in [-0.1, -0.05) is 48.5 Å². The van der Waals surface area contributed by atoms with Gasteiger partial charge in [0.25, 0.3) is 0 Å². The number of rotatable bonds is 12. The van der Waals surface area contributed by atoms with Gasteiger partial charge in [0.1, 0.15) is 0 Å². The predicted molar refractivity (Wildman–Crippen MR) is 333 cm³/mol. The molecule has 0 saturated carbocycles. The molecule has 0 unspecified atom stereocenters. The molecule has 0 fully saturated rings. The van der Waals surface area contributed by atoms with E-state index < -0.39 is 91.5 Å². The van der Waals surface area contributed by atoms with E-state index in [-0.39, 0.29) is 56.2 Å². The molecule has 4 heterocycles. The monoisotopic (exact) mass is 1250 g/mol. The van der Waals surface area contributed by atoms with Crippen molar-refractivity contribution >= 4 is 56.8 Å². The number of benzene rings is 9. The van der Waals surface area contributed by atoms with E-state index in [1.165, 1.54) is 0 Å². The van der Waals surface area contributed by atoms with Crippen LogP contribution in [0.15, 0.2) is 212 Å². The molecule has 9 aromatic carbocycles. The molecular formula is C73H64BN5OPt-2. The van der Waals surface area contributed by atoms with Gasteiger partial charge in [0.05, 0.1) is 1.37 Å². The van der Waals surface area contributed by atoms with Gasteiger partial charge in [0.2, 0.25) is 0 Å². The first-order valence-electron chi connectivity index (χ1n) is 34.0. The van der Waals surface area contributed by atoms with Crippen LogP contribution in [0.5, 0.6) is 11.6 Å². The van der Waals surface area contributed by atoms with Gasteiger partial charge in [-0.3, -0.25) is 0 Å². The van der Waals surface area contributed by atoms with Crippen LogP contribution in [0, 0.1) is 27.3 Å². The van der Waals surface area contributed by atoms with Crippen LogP contribution in [0.25, 0.3) is 77.6 Å². The third-order valence-electron chi connectivity index (χ3n) is 14.5. The van der Waals surface area contributed by atoms with Crippen LogP contribution in [-0.4, -0.2) is 25.6 Å². The number of para-hydroxylation sites is 3. The molecule has 13 rings (SSSR count). The molecule has 0 saturated heterocycles. The Balaban J connectivity index is 1.08. The molecule has 81 heavy (non-hydrogen) atoms. The molecule has 0 bridgehead atoms. The molecule has 6 nitrogen and oxygen atoms in total. The van der Waals surface area contributed by atoms with Gasteiger partial charge < -0.3 is 0 Å². The average Bonchev–Trinajstić information content (AvgIpc) is 1.59. The molecule has 1 aliphatic heterocycles. The van der Waals surface area contributed by atoms with Crippen LogP contribution < -0.4 is 15.0 Å². The maximum absolute atomic E-state index is 10.0. The molecule has 12 aromatic rings. The second-order valence-corrected chi connectivity index (χ2v) is 23.7. The number of hydrogen-bond donors (Lipinski definition) is 0. The summed E-state index contributed by atoms with van der Waals surface area (Å²) in [5, 5.41) is 1.98. The van der Waals surface area contributed by atoms with Crippen LogP contribution in [0.1, 0.15) is 91.3 Å². The Morgan fingerprint density at radius 3 is 1.99 bits per heavy atom. The zero-order chi connectivity index (χ0) is 68.0. The summed E-state index contributed by atoms with van der Waals surface area (Å²) in [5.74, 6) is -0.782. The molecule has 0 aliphatic carbocycles. The van der Waals surface area contributed by atoms with E-state index in [0.717, 1.165) is 32.8 Å². The van der Waals surface area contributed by atoms with Crippen molar-refractivity contribution < 1.29 is 43.3 Å². The van der Waals surface area contributed by atoms with Crippen LogP contribution in [0.2, 0.25) is 0 Å². The first-order valence-corrected chi connectivity index (χ1v) is 28.2. The molecule has 0 atom stereocenters. The van der Waals surface area contributed by atoms with Gasteiger partial charge in [-0.15, -0.1) is 5.39 Å². The van der Waals surface area contributed by atoms with Crippen molar-refractivity contribution in [2.45, 2.75) is 73.6 Å².